The van der Waals surface area contributed by atoms with E-state index >= 15 is 0 Å². The van der Waals surface area contributed by atoms with Gasteiger partial charge in [-0.3, -0.25) is 14.5 Å². The molecule has 1 aliphatic heterocycles. The molecule has 1 unspecified atom stereocenters. The molecule has 1 amide bonds. The number of hydrogen-bond donors (Lipinski definition) is 0. The maximum atomic E-state index is 13.9. The molecule has 0 spiro atoms. The van der Waals surface area contributed by atoms with Crippen molar-refractivity contribution in [3.63, 3.8) is 0 Å². The molecule has 7 nitrogen and oxygen atoms in total. The molecule has 7 heteroatoms. The Kier molecular flexibility index (Phi) is 6.97. The van der Waals surface area contributed by atoms with Crippen LogP contribution in [0.4, 0.5) is 0 Å². The highest BCUT2D eigenvalue weighted by Gasteiger charge is 2.27. The lowest BCUT2D eigenvalue weighted by Crippen LogP contribution is -2.48. The van der Waals surface area contributed by atoms with Gasteiger partial charge in [0.1, 0.15) is 0 Å². The standard InChI is InChI=1S/C25H30N4O3/c1-3-29-24(30)22-12-8-7-11-21(22)23(26-29)25(31)28(18-20-9-5-4-6-10-20)19(2)17-27-13-15-32-16-14-27/h4-12,19H,3,13-18H2,1-2H3. The van der Waals surface area contributed by atoms with Gasteiger partial charge in [-0.1, -0.05) is 48.5 Å². The molecule has 0 saturated carbocycles. The van der Waals surface area contributed by atoms with Crippen LogP contribution in [0.2, 0.25) is 0 Å². The molecule has 4 rings (SSSR count). The fourth-order valence-electron chi connectivity index (χ4n) is 4.21. The third-order valence-corrected chi connectivity index (χ3v) is 5.98. The zero-order valence-corrected chi connectivity index (χ0v) is 18.7. The van der Waals surface area contributed by atoms with Gasteiger partial charge in [0.25, 0.3) is 11.5 Å². The Morgan fingerprint density at radius 3 is 2.41 bits per heavy atom. The highest BCUT2D eigenvalue weighted by molar-refractivity contribution is 6.04. The van der Waals surface area contributed by atoms with Crippen LogP contribution in [-0.4, -0.2) is 64.4 Å². The summed E-state index contributed by atoms with van der Waals surface area (Å²) in [4.78, 5) is 30.9. The number of benzene rings is 2. The van der Waals surface area contributed by atoms with Crippen LogP contribution in [0.5, 0.6) is 0 Å². The van der Waals surface area contributed by atoms with Gasteiger partial charge in [0.15, 0.2) is 5.69 Å². The summed E-state index contributed by atoms with van der Waals surface area (Å²) in [5.41, 5.74) is 1.21. The molecule has 1 atom stereocenters. The van der Waals surface area contributed by atoms with E-state index in [0.29, 0.717) is 42.8 Å². The van der Waals surface area contributed by atoms with Gasteiger partial charge in [-0.15, -0.1) is 0 Å². The van der Waals surface area contributed by atoms with Gasteiger partial charge in [0.05, 0.1) is 18.6 Å². The van der Waals surface area contributed by atoms with Crippen LogP contribution in [0.1, 0.15) is 29.9 Å². The number of aromatic nitrogens is 2. The largest absolute Gasteiger partial charge is 0.379 e. The molecule has 1 saturated heterocycles. The summed E-state index contributed by atoms with van der Waals surface area (Å²) in [6.07, 6.45) is 0. The minimum Gasteiger partial charge on any atom is -0.379 e. The van der Waals surface area contributed by atoms with E-state index in [-0.39, 0.29) is 17.5 Å². The molecule has 0 N–H and O–H groups in total. The smallest absolute Gasteiger partial charge is 0.275 e. The molecule has 0 aliphatic carbocycles. The lowest BCUT2D eigenvalue weighted by molar-refractivity contribution is 0.0227. The van der Waals surface area contributed by atoms with Crippen molar-refractivity contribution in [3.05, 3.63) is 76.2 Å². The Morgan fingerprint density at radius 1 is 1.06 bits per heavy atom. The Labute approximate surface area is 188 Å². The van der Waals surface area contributed by atoms with Crippen LogP contribution < -0.4 is 5.56 Å². The van der Waals surface area contributed by atoms with E-state index in [1.807, 2.05) is 60.4 Å². The monoisotopic (exact) mass is 434 g/mol. The Hall–Kier alpha value is -3.03. The lowest BCUT2D eigenvalue weighted by atomic mass is 10.1. The third kappa shape index (κ3) is 4.74. The number of carbonyl (C=O) groups is 1. The number of carbonyl (C=O) groups excluding carboxylic acids is 1. The molecule has 1 aromatic heterocycles. The maximum absolute atomic E-state index is 13.9. The van der Waals surface area contributed by atoms with Crippen molar-refractivity contribution in [1.82, 2.24) is 19.6 Å². The Bertz CT molecular complexity index is 1120. The molecule has 1 fully saturated rings. The number of nitrogens with zero attached hydrogens (tertiary/aromatic N) is 4. The van der Waals surface area contributed by atoms with Gasteiger partial charge in [-0.25, -0.2) is 4.68 Å². The number of hydrogen-bond acceptors (Lipinski definition) is 5. The number of fused-ring (bicyclic) bond motifs is 1. The van der Waals surface area contributed by atoms with Crippen LogP contribution in [0, 0.1) is 0 Å². The highest BCUT2D eigenvalue weighted by atomic mass is 16.5. The summed E-state index contributed by atoms with van der Waals surface area (Å²) in [6, 6.07) is 17.2. The van der Waals surface area contributed by atoms with Gasteiger partial charge in [0, 0.05) is 44.2 Å². The molecule has 32 heavy (non-hydrogen) atoms. The summed E-state index contributed by atoms with van der Waals surface area (Å²) in [5.74, 6) is -0.159. The average Bonchev–Trinajstić information content (AvgIpc) is 2.84. The minimum atomic E-state index is -0.171. The van der Waals surface area contributed by atoms with E-state index < -0.39 is 0 Å². The summed E-state index contributed by atoms with van der Waals surface area (Å²) in [6.45, 7) is 8.74. The van der Waals surface area contributed by atoms with Crippen molar-refractivity contribution in [2.75, 3.05) is 32.8 Å². The molecule has 168 valence electrons. The number of morpholine rings is 1. The van der Waals surface area contributed by atoms with E-state index in [9.17, 15) is 9.59 Å². The van der Waals surface area contributed by atoms with E-state index in [2.05, 4.69) is 16.9 Å². The number of aryl methyl sites for hydroxylation is 1. The Morgan fingerprint density at radius 2 is 1.72 bits per heavy atom. The normalized spacial score (nSPS) is 15.6. The second kappa shape index (κ2) is 10.1. The number of amides is 1. The van der Waals surface area contributed by atoms with Crippen molar-refractivity contribution in [1.29, 1.82) is 0 Å². The lowest BCUT2D eigenvalue weighted by Gasteiger charge is -2.35. The zero-order valence-electron chi connectivity index (χ0n) is 18.7. The molecular weight excluding hydrogens is 404 g/mol. The van der Waals surface area contributed by atoms with Crippen molar-refractivity contribution < 1.29 is 9.53 Å². The molecular formula is C25H30N4O3. The van der Waals surface area contributed by atoms with E-state index in [1.165, 1.54) is 4.68 Å². The maximum Gasteiger partial charge on any atom is 0.275 e. The van der Waals surface area contributed by atoms with Crippen LogP contribution in [-0.2, 0) is 17.8 Å². The number of ether oxygens (including phenoxy) is 1. The minimum absolute atomic E-state index is 0.0385. The third-order valence-electron chi connectivity index (χ3n) is 5.98. The van der Waals surface area contributed by atoms with E-state index in [1.54, 1.807) is 6.07 Å². The SMILES string of the molecule is CCn1nc(C(=O)N(Cc2ccccc2)C(C)CN2CCOCC2)c2ccccc2c1=O. The Balaban J connectivity index is 1.72. The number of rotatable bonds is 7. The topological polar surface area (TPSA) is 67.7 Å². The molecule has 0 radical (unpaired) electrons. The molecule has 2 aromatic carbocycles. The molecule has 1 aliphatic rings. The second-order valence-electron chi connectivity index (χ2n) is 8.20. The van der Waals surface area contributed by atoms with Crippen molar-refractivity contribution in [3.8, 4) is 0 Å². The second-order valence-corrected chi connectivity index (χ2v) is 8.20. The average molecular weight is 435 g/mol. The van der Waals surface area contributed by atoms with Crippen LogP contribution in [0.15, 0.2) is 59.4 Å². The van der Waals surface area contributed by atoms with Crippen molar-refractivity contribution in [2.24, 2.45) is 0 Å². The summed E-state index contributed by atoms with van der Waals surface area (Å²) < 4.78 is 6.85. The van der Waals surface area contributed by atoms with Gasteiger partial charge in [-0.2, -0.15) is 5.10 Å². The summed E-state index contributed by atoms with van der Waals surface area (Å²) >= 11 is 0. The van der Waals surface area contributed by atoms with Gasteiger partial charge >= 0.3 is 0 Å². The summed E-state index contributed by atoms with van der Waals surface area (Å²) in [5, 5.41) is 5.61. The fraction of sp³-hybridized carbons (Fsp3) is 0.400. The molecule has 2 heterocycles. The highest BCUT2D eigenvalue weighted by Crippen LogP contribution is 2.19. The first-order chi connectivity index (χ1) is 15.6. The molecule has 0 bridgehead atoms. The van der Waals surface area contributed by atoms with Gasteiger partial charge in [-0.05, 0) is 25.5 Å². The van der Waals surface area contributed by atoms with Crippen LogP contribution in [0.25, 0.3) is 10.8 Å². The predicted molar refractivity (Wildman–Crippen MR) is 125 cm³/mol. The summed E-state index contributed by atoms with van der Waals surface area (Å²) in [7, 11) is 0. The first-order valence-corrected chi connectivity index (χ1v) is 11.2. The van der Waals surface area contributed by atoms with Crippen LogP contribution in [0.3, 0.4) is 0 Å². The van der Waals surface area contributed by atoms with E-state index in [4.69, 9.17) is 4.74 Å². The van der Waals surface area contributed by atoms with Gasteiger partial charge in [0.2, 0.25) is 0 Å². The fourth-order valence-corrected chi connectivity index (χ4v) is 4.21. The van der Waals surface area contributed by atoms with Crippen molar-refractivity contribution in [2.45, 2.75) is 33.0 Å². The molecule has 3 aromatic rings. The van der Waals surface area contributed by atoms with Crippen molar-refractivity contribution >= 4 is 16.7 Å². The predicted octanol–water partition coefficient (Wildman–Crippen LogP) is 2.78. The quantitative estimate of drug-likeness (QED) is 0.572. The van der Waals surface area contributed by atoms with E-state index in [0.717, 1.165) is 25.2 Å². The van der Waals surface area contributed by atoms with Crippen LogP contribution >= 0.6 is 0 Å². The van der Waals surface area contributed by atoms with Gasteiger partial charge < -0.3 is 9.64 Å². The first kappa shape index (κ1) is 22.2. The zero-order chi connectivity index (χ0) is 22.5. The first-order valence-electron chi connectivity index (χ1n) is 11.2.